The van der Waals surface area contributed by atoms with Gasteiger partial charge in [0.05, 0.1) is 5.69 Å². The lowest BCUT2D eigenvalue weighted by molar-refractivity contribution is 0.102. The van der Waals surface area contributed by atoms with E-state index >= 15 is 0 Å². The monoisotopic (exact) mass is 378 g/mol. The van der Waals surface area contributed by atoms with E-state index in [4.69, 9.17) is 4.42 Å². The van der Waals surface area contributed by atoms with Gasteiger partial charge in [-0.2, -0.15) is 0 Å². The van der Waals surface area contributed by atoms with Gasteiger partial charge in [-0.25, -0.2) is 4.79 Å². The van der Waals surface area contributed by atoms with Gasteiger partial charge in [-0.1, -0.05) is 52.0 Å². The summed E-state index contributed by atoms with van der Waals surface area (Å²) in [4.78, 5) is 25.3. The molecule has 0 saturated carbocycles. The average Bonchev–Trinajstić information content (AvgIpc) is 2.67. The number of amides is 1. The predicted molar refractivity (Wildman–Crippen MR) is 114 cm³/mol. The molecule has 0 unspecified atom stereocenters. The molecule has 0 aliphatic heterocycles. The lowest BCUT2D eigenvalue weighted by atomic mass is 9.87. The molecule has 3 rings (SSSR count). The Kier molecular flexibility index (Phi) is 5.54. The molecule has 0 aliphatic carbocycles. The van der Waals surface area contributed by atoms with Crippen LogP contribution in [0.2, 0.25) is 0 Å². The van der Waals surface area contributed by atoms with Gasteiger partial charge >= 0.3 is 5.63 Å². The maximum atomic E-state index is 12.8. The molecule has 146 valence electrons. The van der Waals surface area contributed by atoms with Crippen molar-refractivity contribution in [1.29, 1.82) is 0 Å². The number of anilines is 2. The molecular weight excluding hydrogens is 352 g/mol. The fourth-order valence-corrected chi connectivity index (χ4v) is 3.00. The van der Waals surface area contributed by atoms with Crippen LogP contribution in [0.4, 0.5) is 11.4 Å². The molecule has 1 amide bonds. The Morgan fingerprint density at radius 3 is 2.32 bits per heavy atom. The van der Waals surface area contributed by atoms with Gasteiger partial charge in [0, 0.05) is 17.5 Å². The van der Waals surface area contributed by atoms with Crippen molar-refractivity contribution in [1.82, 2.24) is 0 Å². The Labute approximate surface area is 164 Å². The topological polar surface area (TPSA) is 71.3 Å². The number of carbonyl (C=O) groups excluding carboxylic acids is 1. The Morgan fingerprint density at radius 1 is 1.00 bits per heavy atom. The second kappa shape index (κ2) is 7.89. The van der Waals surface area contributed by atoms with E-state index in [0.717, 1.165) is 17.4 Å². The third kappa shape index (κ3) is 4.09. The number of benzene rings is 2. The molecule has 1 aromatic heterocycles. The standard InChI is InChI=1S/C23H26N2O3/c1-5-14-24-19-17-8-6-7-9-18(17)28-22(27)20(19)25-21(26)15-10-12-16(13-11-15)23(2,3)4/h6-13,24H,5,14H2,1-4H3,(H,25,26). The van der Waals surface area contributed by atoms with E-state index in [-0.39, 0.29) is 17.0 Å². The van der Waals surface area contributed by atoms with Gasteiger partial charge in [0.15, 0.2) is 5.69 Å². The normalized spacial score (nSPS) is 11.4. The van der Waals surface area contributed by atoms with Crippen LogP contribution in [0.15, 0.2) is 57.7 Å². The zero-order chi connectivity index (χ0) is 20.3. The van der Waals surface area contributed by atoms with Gasteiger partial charge in [-0.05, 0) is 41.7 Å². The fourth-order valence-electron chi connectivity index (χ4n) is 3.00. The summed E-state index contributed by atoms with van der Waals surface area (Å²) in [5.41, 5.74) is 2.27. The van der Waals surface area contributed by atoms with Crippen molar-refractivity contribution >= 4 is 28.3 Å². The minimum Gasteiger partial charge on any atom is -0.421 e. The van der Waals surface area contributed by atoms with Crippen LogP contribution in [0.1, 0.15) is 50.0 Å². The highest BCUT2D eigenvalue weighted by atomic mass is 16.4. The number of fused-ring (bicyclic) bond motifs is 1. The molecule has 1 heterocycles. The largest absolute Gasteiger partial charge is 0.421 e. The molecule has 0 fully saturated rings. The van der Waals surface area contributed by atoms with Crippen LogP contribution in [0.5, 0.6) is 0 Å². The molecule has 2 N–H and O–H groups in total. The van der Waals surface area contributed by atoms with E-state index in [2.05, 4.69) is 31.4 Å². The third-order valence-electron chi connectivity index (χ3n) is 4.62. The lowest BCUT2D eigenvalue weighted by Gasteiger charge is -2.19. The molecule has 28 heavy (non-hydrogen) atoms. The zero-order valence-corrected chi connectivity index (χ0v) is 16.8. The maximum absolute atomic E-state index is 12.8. The molecule has 5 nitrogen and oxygen atoms in total. The van der Waals surface area contributed by atoms with Crippen molar-refractivity contribution in [2.75, 3.05) is 17.2 Å². The Hall–Kier alpha value is -3.08. The Bertz CT molecular complexity index is 1040. The summed E-state index contributed by atoms with van der Waals surface area (Å²) < 4.78 is 5.40. The third-order valence-corrected chi connectivity index (χ3v) is 4.62. The predicted octanol–water partition coefficient (Wildman–Crippen LogP) is 5.16. The van der Waals surface area contributed by atoms with Gasteiger partial charge in [0.25, 0.3) is 5.91 Å². The molecule has 2 aromatic carbocycles. The molecule has 0 radical (unpaired) electrons. The highest BCUT2D eigenvalue weighted by Gasteiger charge is 2.18. The molecule has 0 saturated heterocycles. The van der Waals surface area contributed by atoms with Crippen LogP contribution < -0.4 is 16.3 Å². The maximum Gasteiger partial charge on any atom is 0.362 e. The first-order valence-corrected chi connectivity index (χ1v) is 9.53. The summed E-state index contributed by atoms with van der Waals surface area (Å²) >= 11 is 0. The van der Waals surface area contributed by atoms with E-state index in [1.807, 2.05) is 37.3 Å². The first-order chi connectivity index (χ1) is 13.3. The molecule has 5 heteroatoms. The number of nitrogens with one attached hydrogen (secondary N) is 2. The van der Waals surface area contributed by atoms with Crippen molar-refractivity contribution in [3.8, 4) is 0 Å². The molecule has 0 bridgehead atoms. The first-order valence-electron chi connectivity index (χ1n) is 9.53. The van der Waals surface area contributed by atoms with Crippen LogP contribution in [0, 0.1) is 0 Å². The fraction of sp³-hybridized carbons (Fsp3) is 0.304. The zero-order valence-electron chi connectivity index (χ0n) is 16.8. The highest BCUT2D eigenvalue weighted by molar-refractivity contribution is 6.08. The van der Waals surface area contributed by atoms with Gasteiger partial charge in [-0.15, -0.1) is 0 Å². The first kappa shape index (κ1) is 19.7. The highest BCUT2D eigenvalue weighted by Crippen LogP contribution is 2.29. The van der Waals surface area contributed by atoms with Crippen LogP contribution in [0.3, 0.4) is 0 Å². The van der Waals surface area contributed by atoms with Gasteiger partial charge in [0.2, 0.25) is 0 Å². The quantitative estimate of drug-likeness (QED) is 0.601. The number of carbonyl (C=O) groups is 1. The van der Waals surface area contributed by atoms with E-state index in [9.17, 15) is 9.59 Å². The van der Waals surface area contributed by atoms with E-state index in [1.165, 1.54) is 0 Å². The SMILES string of the molecule is CCCNc1c(NC(=O)c2ccc(C(C)(C)C)cc2)c(=O)oc2ccccc12. The molecular formula is C23H26N2O3. The lowest BCUT2D eigenvalue weighted by Crippen LogP contribution is -2.21. The summed E-state index contributed by atoms with van der Waals surface area (Å²) in [6, 6.07) is 14.7. The minimum absolute atomic E-state index is 0.00562. The minimum atomic E-state index is -0.572. The second-order valence-corrected chi connectivity index (χ2v) is 7.84. The Morgan fingerprint density at radius 2 is 1.68 bits per heavy atom. The number of rotatable bonds is 5. The summed E-state index contributed by atoms with van der Waals surface area (Å²) in [5, 5.41) is 6.76. The van der Waals surface area contributed by atoms with Crippen molar-refractivity contribution in [3.05, 3.63) is 70.1 Å². The van der Waals surface area contributed by atoms with Crippen LogP contribution in [0.25, 0.3) is 11.0 Å². The van der Waals surface area contributed by atoms with Crippen molar-refractivity contribution in [2.45, 2.75) is 39.5 Å². The number of hydrogen-bond acceptors (Lipinski definition) is 4. The molecule has 0 atom stereocenters. The number of para-hydroxylation sites is 1. The molecule has 0 spiro atoms. The van der Waals surface area contributed by atoms with Gasteiger partial charge in [-0.3, -0.25) is 4.79 Å². The van der Waals surface area contributed by atoms with Gasteiger partial charge < -0.3 is 15.1 Å². The van der Waals surface area contributed by atoms with Gasteiger partial charge in [0.1, 0.15) is 5.58 Å². The smallest absolute Gasteiger partial charge is 0.362 e. The summed E-state index contributed by atoms with van der Waals surface area (Å²) in [6.07, 6.45) is 0.885. The van der Waals surface area contributed by atoms with Crippen molar-refractivity contribution in [2.24, 2.45) is 0 Å². The molecule has 3 aromatic rings. The van der Waals surface area contributed by atoms with Crippen molar-refractivity contribution in [3.63, 3.8) is 0 Å². The van der Waals surface area contributed by atoms with Crippen molar-refractivity contribution < 1.29 is 9.21 Å². The summed E-state index contributed by atoms with van der Waals surface area (Å²) in [5.74, 6) is -0.345. The molecule has 0 aliphatic rings. The summed E-state index contributed by atoms with van der Waals surface area (Å²) in [7, 11) is 0. The summed E-state index contributed by atoms with van der Waals surface area (Å²) in [6.45, 7) is 9.07. The van der Waals surface area contributed by atoms with E-state index in [0.29, 0.717) is 23.4 Å². The Balaban J connectivity index is 1.98. The van der Waals surface area contributed by atoms with E-state index in [1.54, 1.807) is 18.2 Å². The van der Waals surface area contributed by atoms with Crippen LogP contribution in [-0.2, 0) is 5.41 Å². The second-order valence-electron chi connectivity index (χ2n) is 7.84. The van der Waals surface area contributed by atoms with E-state index < -0.39 is 5.63 Å². The van der Waals surface area contributed by atoms with Crippen LogP contribution >= 0.6 is 0 Å². The average molecular weight is 378 g/mol. The van der Waals surface area contributed by atoms with Crippen LogP contribution in [-0.4, -0.2) is 12.5 Å². The number of hydrogen-bond donors (Lipinski definition) is 2.